The Morgan fingerprint density at radius 3 is 1.63 bits per heavy atom. The lowest BCUT2D eigenvalue weighted by atomic mass is 9.61. The Balaban J connectivity index is 1.80. The zero-order valence-corrected chi connectivity index (χ0v) is 19.1. The van der Waals surface area contributed by atoms with Gasteiger partial charge in [0.25, 0.3) is 0 Å². The number of hydrogen-bond donors (Lipinski definition) is 2. The highest BCUT2D eigenvalue weighted by Gasteiger charge is 2.46. The molecule has 0 saturated carbocycles. The van der Waals surface area contributed by atoms with Gasteiger partial charge in [0.2, 0.25) is 0 Å². The van der Waals surface area contributed by atoms with E-state index in [1.165, 1.54) is 0 Å². The van der Waals surface area contributed by atoms with E-state index >= 15 is 0 Å². The van der Waals surface area contributed by atoms with E-state index in [-0.39, 0.29) is 0 Å². The lowest BCUT2D eigenvalue weighted by molar-refractivity contribution is 0.425. The molecule has 0 atom stereocenters. The number of fused-ring (bicyclic) bond motifs is 2. The normalized spacial score (nSPS) is 13.6. The van der Waals surface area contributed by atoms with Crippen molar-refractivity contribution in [3.63, 3.8) is 0 Å². The van der Waals surface area contributed by atoms with Gasteiger partial charge in [0.15, 0.2) is 0 Å². The molecule has 168 valence electrons. The van der Waals surface area contributed by atoms with E-state index in [1.807, 2.05) is 42.5 Å². The van der Waals surface area contributed by atoms with Crippen molar-refractivity contribution in [2.75, 3.05) is 4.90 Å². The summed E-state index contributed by atoms with van der Waals surface area (Å²) in [5.41, 5.74) is 7.35. The van der Waals surface area contributed by atoms with E-state index in [0.717, 1.165) is 39.3 Å². The number of benzene rings is 5. The van der Waals surface area contributed by atoms with E-state index < -0.39 is 12.5 Å². The quantitative estimate of drug-likeness (QED) is 0.345. The van der Waals surface area contributed by atoms with E-state index in [9.17, 15) is 10.0 Å². The van der Waals surface area contributed by atoms with Gasteiger partial charge in [-0.05, 0) is 52.0 Å². The second kappa shape index (κ2) is 8.59. The summed E-state index contributed by atoms with van der Waals surface area (Å²) < 4.78 is 0. The molecule has 35 heavy (non-hydrogen) atoms. The van der Waals surface area contributed by atoms with Crippen molar-refractivity contribution in [3.8, 4) is 0 Å². The fourth-order valence-corrected chi connectivity index (χ4v) is 5.49. The van der Waals surface area contributed by atoms with Gasteiger partial charge >= 0.3 is 7.12 Å². The molecular formula is C31H24BNO2. The van der Waals surface area contributed by atoms with Crippen LogP contribution in [-0.2, 0) is 5.41 Å². The van der Waals surface area contributed by atoms with E-state index in [2.05, 4.69) is 89.8 Å². The van der Waals surface area contributed by atoms with E-state index in [1.54, 1.807) is 6.07 Å². The monoisotopic (exact) mass is 453 g/mol. The molecule has 1 aliphatic rings. The van der Waals surface area contributed by atoms with Crippen LogP contribution >= 0.6 is 0 Å². The molecule has 6 rings (SSSR count). The molecule has 2 N–H and O–H groups in total. The third-order valence-corrected chi connectivity index (χ3v) is 6.94. The molecule has 0 amide bonds. The third kappa shape index (κ3) is 3.30. The van der Waals surface area contributed by atoms with Crippen LogP contribution < -0.4 is 10.4 Å². The Morgan fingerprint density at radius 2 is 1.03 bits per heavy atom. The van der Waals surface area contributed by atoms with Crippen LogP contribution in [0.15, 0.2) is 133 Å². The fraction of sp³-hybridized carbons (Fsp3) is 0.0323. The average molecular weight is 453 g/mol. The van der Waals surface area contributed by atoms with Crippen LogP contribution in [0.2, 0.25) is 0 Å². The van der Waals surface area contributed by atoms with Crippen LogP contribution in [0.5, 0.6) is 0 Å². The summed E-state index contributed by atoms with van der Waals surface area (Å²) in [7, 11) is -1.56. The van der Waals surface area contributed by atoms with Crippen molar-refractivity contribution in [1.82, 2.24) is 0 Å². The third-order valence-electron chi connectivity index (χ3n) is 6.94. The minimum Gasteiger partial charge on any atom is -0.423 e. The van der Waals surface area contributed by atoms with E-state index in [0.29, 0.717) is 5.46 Å². The average Bonchev–Trinajstić information content (AvgIpc) is 2.93. The van der Waals surface area contributed by atoms with Gasteiger partial charge in [-0.3, -0.25) is 0 Å². The highest BCUT2D eigenvalue weighted by molar-refractivity contribution is 6.58. The first-order chi connectivity index (χ1) is 17.2. The van der Waals surface area contributed by atoms with Crippen LogP contribution in [0.25, 0.3) is 0 Å². The smallest absolute Gasteiger partial charge is 0.423 e. The summed E-state index contributed by atoms with van der Waals surface area (Å²) in [6.45, 7) is 0. The van der Waals surface area contributed by atoms with Crippen molar-refractivity contribution in [3.05, 3.63) is 156 Å². The highest BCUT2D eigenvalue weighted by Crippen LogP contribution is 2.57. The first-order valence-electron chi connectivity index (χ1n) is 11.8. The Hall–Kier alpha value is -4.12. The minimum atomic E-state index is -1.56. The minimum absolute atomic E-state index is 0.465. The number of hydrogen-bond acceptors (Lipinski definition) is 3. The summed E-state index contributed by atoms with van der Waals surface area (Å²) in [6, 6.07) is 45.5. The lowest BCUT2D eigenvalue weighted by Crippen LogP contribution is -2.40. The standard InChI is InChI=1S/C31H24BNO2/c34-32(35)25-20-21-30-28(22-25)31(23-12-4-1-5-13-23,24-14-6-2-7-15-24)27-18-10-11-19-29(27)33(30)26-16-8-3-9-17-26/h1-22,34-35H. The first kappa shape index (κ1) is 21.4. The molecular weight excluding hydrogens is 429 g/mol. The Bertz CT molecular complexity index is 1430. The summed E-state index contributed by atoms with van der Waals surface area (Å²) in [5.74, 6) is 0. The summed E-state index contributed by atoms with van der Waals surface area (Å²) in [5, 5.41) is 20.3. The van der Waals surface area contributed by atoms with Crippen molar-refractivity contribution >= 4 is 29.6 Å². The summed E-state index contributed by atoms with van der Waals surface area (Å²) >= 11 is 0. The molecule has 5 aromatic carbocycles. The van der Waals surface area contributed by atoms with Gasteiger partial charge in [-0.1, -0.05) is 109 Å². The lowest BCUT2D eigenvalue weighted by Gasteiger charge is -2.46. The van der Waals surface area contributed by atoms with Gasteiger partial charge < -0.3 is 14.9 Å². The van der Waals surface area contributed by atoms with Gasteiger partial charge in [-0.25, -0.2) is 0 Å². The summed E-state index contributed by atoms with van der Waals surface area (Å²) in [6.07, 6.45) is 0. The molecule has 0 spiro atoms. The van der Waals surface area contributed by atoms with Crippen LogP contribution in [0, 0.1) is 0 Å². The van der Waals surface area contributed by atoms with Crippen LogP contribution in [0.1, 0.15) is 22.3 Å². The SMILES string of the molecule is OB(O)c1ccc2c(c1)C(c1ccccc1)(c1ccccc1)c1ccccc1N2c1ccccc1. The van der Waals surface area contributed by atoms with Crippen molar-refractivity contribution in [2.24, 2.45) is 0 Å². The molecule has 0 aromatic heterocycles. The zero-order chi connectivity index (χ0) is 23.8. The van der Waals surface area contributed by atoms with Gasteiger partial charge in [-0.15, -0.1) is 0 Å². The molecule has 0 radical (unpaired) electrons. The molecule has 0 saturated heterocycles. The van der Waals surface area contributed by atoms with Crippen molar-refractivity contribution < 1.29 is 10.0 Å². The number of anilines is 3. The maximum atomic E-state index is 10.2. The maximum Gasteiger partial charge on any atom is 0.488 e. The predicted molar refractivity (Wildman–Crippen MR) is 143 cm³/mol. The Morgan fingerprint density at radius 1 is 0.514 bits per heavy atom. The number of nitrogens with zero attached hydrogens (tertiary/aromatic N) is 1. The topological polar surface area (TPSA) is 43.7 Å². The predicted octanol–water partition coefficient (Wildman–Crippen LogP) is 5.53. The van der Waals surface area contributed by atoms with Gasteiger partial charge in [0, 0.05) is 5.69 Å². The molecule has 0 bridgehead atoms. The second-order valence-electron chi connectivity index (χ2n) is 8.82. The molecule has 0 unspecified atom stereocenters. The zero-order valence-electron chi connectivity index (χ0n) is 19.1. The van der Waals surface area contributed by atoms with Crippen LogP contribution in [-0.4, -0.2) is 17.2 Å². The molecule has 1 heterocycles. The van der Waals surface area contributed by atoms with Gasteiger partial charge in [0.05, 0.1) is 16.8 Å². The Kier molecular flexibility index (Phi) is 5.26. The Labute approximate surface area is 205 Å². The van der Waals surface area contributed by atoms with Crippen molar-refractivity contribution in [1.29, 1.82) is 0 Å². The number of rotatable bonds is 4. The molecule has 1 aliphatic heterocycles. The summed E-state index contributed by atoms with van der Waals surface area (Å²) in [4.78, 5) is 2.27. The molecule has 3 nitrogen and oxygen atoms in total. The van der Waals surface area contributed by atoms with Crippen molar-refractivity contribution in [2.45, 2.75) is 5.41 Å². The largest absolute Gasteiger partial charge is 0.488 e. The molecule has 0 fully saturated rings. The molecule has 5 aromatic rings. The van der Waals surface area contributed by atoms with Crippen LogP contribution in [0.3, 0.4) is 0 Å². The van der Waals surface area contributed by atoms with Gasteiger partial charge in [0.1, 0.15) is 0 Å². The highest BCUT2D eigenvalue weighted by atomic mass is 16.4. The van der Waals surface area contributed by atoms with Crippen LogP contribution in [0.4, 0.5) is 17.1 Å². The maximum absolute atomic E-state index is 10.2. The van der Waals surface area contributed by atoms with Gasteiger partial charge in [-0.2, -0.15) is 0 Å². The number of para-hydroxylation sites is 2. The molecule has 0 aliphatic carbocycles. The first-order valence-corrected chi connectivity index (χ1v) is 11.8. The second-order valence-corrected chi connectivity index (χ2v) is 8.82. The van der Waals surface area contributed by atoms with E-state index in [4.69, 9.17) is 0 Å². The fourth-order valence-electron chi connectivity index (χ4n) is 5.49. The molecule has 4 heteroatoms.